The van der Waals surface area contributed by atoms with E-state index in [0.717, 1.165) is 10.5 Å². The summed E-state index contributed by atoms with van der Waals surface area (Å²) in [6.07, 6.45) is 0. The molecule has 0 unspecified atom stereocenters. The van der Waals surface area contributed by atoms with Gasteiger partial charge in [0.2, 0.25) is 0 Å². The maximum absolute atomic E-state index is 13.5. The highest BCUT2D eigenvalue weighted by molar-refractivity contribution is 6.37. The third-order valence-corrected chi connectivity index (χ3v) is 7.26. The van der Waals surface area contributed by atoms with Crippen LogP contribution in [0.1, 0.15) is 63.0 Å². The largest absolute Gasteiger partial charge is 0.454 e. The van der Waals surface area contributed by atoms with E-state index in [0.29, 0.717) is 22.2 Å². The van der Waals surface area contributed by atoms with Crippen molar-refractivity contribution in [2.24, 2.45) is 0 Å². The van der Waals surface area contributed by atoms with Gasteiger partial charge in [-0.3, -0.25) is 19.4 Å². The summed E-state index contributed by atoms with van der Waals surface area (Å²) in [6, 6.07) is 25.8. The number of rotatable bonds is 7. The smallest absolute Gasteiger partial charge is 0.343 e. The lowest BCUT2D eigenvalue weighted by molar-refractivity contribution is 0.0474. The third kappa shape index (κ3) is 5.22. The standard InChI is InChI=1S/C35H24N2O7/c1-20-10-12-23(13-11-20)35(42)44-26-16-14-22(15-17-26)29(38)19-43-34(41)24-6-5-7-25(18-24)37-32(39)30-21(2)36-28-9-4-3-8-27(28)31(30)33(37)40/h3-18H,19H2,1-2H3. The minimum Gasteiger partial charge on any atom is -0.454 e. The number of hydrogen-bond acceptors (Lipinski definition) is 8. The Bertz CT molecular complexity index is 2000. The van der Waals surface area contributed by atoms with Crippen LogP contribution in [-0.2, 0) is 4.74 Å². The highest BCUT2D eigenvalue weighted by Crippen LogP contribution is 2.34. The Hall–Kier alpha value is -5.96. The number of ether oxygens (including phenoxy) is 2. The summed E-state index contributed by atoms with van der Waals surface area (Å²) in [5, 5.41) is 0.570. The molecule has 5 aromatic rings. The van der Waals surface area contributed by atoms with Gasteiger partial charge in [-0.25, -0.2) is 14.5 Å². The number of para-hydroxylation sites is 1. The molecule has 1 aliphatic rings. The van der Waals surface area contributed by atoms with Crippen LogP contribution in [0.4, 0.5) is 5.69 Å². The molecular weight excluding hydrogens is 560 g/mol. The van der Waals surface area contributed by atoms with Crippen LogP contribution < -0.4 is 9.64 Å². The molecule has 2 amide bonds. The number of hydrogen-bond donors (Lipinski definition) is 0. The van der Waals surface area contributed by atoms with E-state index in [4.69, 9.17) is 9.47 Å². The zero-order valence-electron chi connectivity index (χ0n) is 23.7. The normalized spacial score (nSPS) is 12.3. The average molecular weight is 585 g/mol. The average Bonchev–Trinajstić information content (AvgIpc) is 3.30. The fourth-order valence-electron chi connectivity index (χ4n) is 5.00. The van der Waals surface area contributed by atoms with Crippen LogP contribution in [0.25, 0.3) is 10.9 Å². The number of ketones is 1. The molecule has 2 heterocycles. The summed E-state index contributed by atoms with van der Waals surface area (Å²) >= 11 is 0. The lowest BCUT2D eigenvalue weighted by atomic mass is 10.0. The van der Waals surface area contributed by atoms with Crippen molar-refractivity contribution in [3.05, 3.63) is 136 Å². The van der Waals surface area contributed by atoms with E-state index in [2.05, 4.69) is 4.98 Å². The van der Waals surface area contributed by atoms with Crippen LogP contribution in [0, 0.1) is 13.8 Å². The molecule has 0 radical (unpaired) electrons. The summed E-state index contributed by atoms with van der Waals surface area (Å²) in [5.41, 5.74) is 3.45. The molecule has 216 valence electrons. The first-order valence-electron chi connectivity index (χ1n) is 13.7. The van der Waals surface area contributed by atoms with Gasteiger partial charge in [0, 0.05) is 10.9 Å². The maximum Gasteiger partial charge on any atom is 0.343 e. The molecule has 44 heavy (non-hydrogen) atoms. The van der Waals surface area contributed by atoms with Crippen molar-refractivity contribution in [3.8, 4) is 5.75 Å². The Morgan fingerprint density at radius 3 is 2.14 bits per heavy atom. The van der Waals surface area contributed by atoms with E-state index in [1.807, 2.05) is 6.92 Å². The van der Waals surface area contributed by atoms with Crippen molar-refractivity contribution in [1.29, 1.82) is 0 Å². The summed E-state index contributed by atoms with van der Waals surface area (Å²) in [5.74, 6) is -2.59. The van der Waals surface area contributed by atoms with Crippen LogP contribution in [0.3, 0.4) is 0 Å². The van der Waals surface area contributed by atoms with Crippen molar-refractivity contribution in [2.75, 3.05) is 11.5 Å². The summed E-state index contributed by atoms with van der Waals surface area (Å²) < 4.78 is 10.6. The second-order valence-corrected chi connectivity index (χ2v) is 10.2. The van der Waals surface area contributed by atoms with Crippen molar-refractivity contribution < 1.29 is 33.4 Å². The lowest BCUT2D eigenvalue weighted by Gasteiger charge is -2.15. The number of amides is 2. The zero-order valence-corrected chi connectivity index (χ0v) is 23.7. The van der Waals surface area contributed by atoms with Crippen molar-refractivity contribution in [1.82, 2.24) is 4.98 Å². The first-order valence-corrected chi connectivity index (χ1v) is 13.7. The van der Waals surface area contributed by atoms with E-state index < -0.39 is 36.1 Å². The van der Waals surface area contributed by atoms with Gasteiger partial charge in [0.25, 0.3) is 11.8 Å². The van der Waals surface area contributed by atoms with Crippen molar-refractivity contribution in [3.63, 3.8) is 0 Å². The zero-order chi connectivity index (χ0) is 31.0. The van der Waals surface area contributed by atoms with Gasteiger partial charge in [-0.15, -0.1) is 0 Å². The molecule has 0 aliphatic carbocycles. The molecule has 0 fully saturated rings. The van der Waals surface area contributed by atoms with E-state index in [-0.39, 0.29) is 33.7 Å². The molecule has 9 nitrogen and oxygen atoms in total. The Morgan fingerprint density at radius 2 is 1.39 bits per heavy atom. The Morgan fingerprint density at radius 1 is 0.705 bits per heavy atom. The predicted molar refractivity (Wildman–Crippen MR) is 161 cm³/mol. The molecule has 0 atom stereocenters. The van der Waals surface area contributed by atoms with E-state index in [1.165, 1.54) is 42.5 Å². The number of anilines is 1. The molecule has 9 heteroatoms. The molecule has 0 bridgehead atoms. The SMILES string of the molecule is Cc1ccc(C(=O)Oc2ccc(C(=O)COC(=O)c3cccc(N4C(=O)c5c(C)nc6ccccc6c5C4=O)c3)cc2)cc1. The van der Waals surface area contributed by atoms with Gasteiger partial charge < -0.3 is 9.47 Å². The minimum absolute atomic E-state index is 0.0601. The molecule has 1 aliphatic heterocycles. The number of pyridine rings is 1. The maximum atomic E-state index is 13.5. The number of Topliss-reactive ketones (excluding diaryl/α,β-unsaturated/α-hetero) is 1. The highest BCUT2D eigenvalue weighted by Gasteiger charge is 2.40. The molecule has 0 N–H and O–H groups in total. The van der Waals surface area contributed by atoms with Gasteiger partial charge in [-0.05, 0) is 74.5 Å². The van der Waals surface area contributed by atoms with Gasteiger partial charge in [0.05, 0.1) is 39.2 Å². The molecular formula is C35H24N2O7. The van der Waals surface area contributed by atoms with Crippen LogP contribution in [0.2, 0.25) is 0 Å². The number of carbonyl (C=O) groups is 5. The molecule has 0 spiro atoms. The fourth-order valence-corrected chi connectivity index (χ4v) is 5.00. The molecule has 0 saturated heterocycles. The van der Waals surface area contributed by atoms with Crippen molar-refractivity contribution >= 4 is 46.1 Å². The summed E-state index contributed by atoms with van der Waals surface area (Å²) in [4.78, 5) is 70.2. The van der Waals surface area contributed by atoms with Gasteiger partial charge in [-0.1, -0.05) is 42.0 Å². The van der Waals surface area contributed by atoms with Crippen LogP contribution in [-0.4, -0.2) is 41.1 Å². The number of aromatic nitrogens is 1. The Kier molecular flexibility index (Phi) is 7.28. The summed E-state index contributed by atoms with van der Waals surface area (Å²) in [7, 11) is 0. The number of fused-ring (bicyclic) bond motifs is 3. The highest BCUT2D eigenvalue weighted by atomic mass is 16.5. The van der Waals surface area contributed by atoms with Gasteiger partial charge >= 0.3 is 11.9 Å². The molecule has 1 aromatic heterocycles. The molecule has 6 rings (SSSR count). The fraction of sp³-hybridized carbons (Fsp3) is 0.0857. The molecule has 4 aromatic carbocycles. The first kappa shape index (κ1) is 28.2. The predicted octanol–water partition coefficient (Wildman–Crippen LogP) is 5.91. The van der Waals surface area contributed by atoms with Crippen LogP contribution in [0.15, 0.2) is 97.1 Å². The van der Waals surface area contributed by atoms with Crippen LogP contribution in [0.5, 0.6) is 5.75 Å². The first-order chi connectivity index (χ1) is 21.2. The van der Waals surface area contributed by atoms with Crippen molar-refractivity contribution in [2.45, 2.75) is 13.8 Å². The Labute approximate surface area is 251 Å². The number of carbonyl (C=O) groups excluding carboxylic acids is 5. The van der Waals surface area contributed by atoms with Gasteiger partial charge in [0.15, 0.2) is 12.4 Å². The number of aryl methyl sites for hydroxylation is 2. The number of benzene rings is 4. The number of esters is 2. The minimum atomic E-state index is -0.802. The molecule has 0 saturated carbocycles. The lowest BCUT2D eigenvalue weighted by Crippen LogP contribution is -2.29. The second-order valence-electron chi connectivity index (χ2n) is 10.2. The van der Waals surface area contributed by atoms with E-state index >= 15 is 0 Å². The monoisotopic (exact) mass is 584 g/mol. The van der Waals surface area contributed by atoms with Gasteiger partial charge in [0.1, 0.15) is 5.75 Å². The Balaban J connectivity index is 1.12. The van der Waals surface area contributed by atoms with Crippen LogP contribution >= 0.6 is 0 Å². The van der Waals surface area contributed by atoms with Gasteiger partial charge in [-0.2, -0.15) is 0 Å². The second kappa shape index (κ2) is 11.4. The third-order valence-electron chi connectivity index (χ3n) is 7.26. The number of imide groups is 1. The summed E-state index contributed by atoms with van der Waals surface area (Å²) in [6.45, 7) is 3.04. The van der Waals surface area contributed by atoms with E-state index in [1.54, 1.807) is 61.5 Å². The topological polar surface area (TPSA) is 120 Å². The number of nitrogens with zero attached hydrogens (tertiary/aromatic N) is 2. The quantitative estimate of drug-likeness (QED) is 0.100. The van der Waals surface area contributed by atoms with E-state index in [9.17, 15) is 24.0 Å².